The maximum absolute atomic E-state index is 13.8. The predicted molar refractivity (Wildman–Crippen MR) is 122 cm³/mol. The maximum Gasteiger partial charge on any atom is 0.320 e. The van der Waals surface area contributed by atoms with Crippen LogP contribution in [-0.2, 0) is 6.54 Å². The lowest BCUT2D eigenvalue weighted by Gasteiger charge is -2.36. The largest absolute Gasteiger partial charge is 0.320 e. The number of H-pyrrole nitrogens is 1. The minimum Gasteiger partial charge on any atom is -0.319 e. The van der Waals surface area contributed by atoms with E-state index in [4.69, 9.17) is 0 Å². The summed E-state index contributed by atoms with van der Waals surface area (Å²) in [5.74, 6) is -4.39. The molecule has 3 aromatic heterocycles. The molecule has 4 heterocycles. The van der Waals surface area contributed by atoms with E-state index >= 15 is 0 Å². The van der Waals surface area contributed by atoms with Crippen LogP contribution >= 0.6 is 0 Å². The minimum absolute atomic E-state index is 0.151. The molecule has 1 aromatic carbocycles. The van der Waals surface area contributed by atoms with E-state index < -0.39 is 23.6 Å². The van der Waals surface area contributed by atoms with E-state index in [1.807, 2.05) is 17.0 Å². The lowest BCUT2D eigenvalue weighted by atomic mass is 9.95. The number of aromatic nitrogens is 4. The van der Waals surface area contributed by atoms with E-state index in [2.05, 4.69) is 31.7 Å². The molecule has 0 unspecified atom stereocenters. The number of carbonyl (C=O) groups excluding carboxylic acids is 1. The molecule has 7 nitrogen and oxygen atoms in total. The maximum atomic E-state index is 13.8. The van der Waals surface area contributed by atoms with Gasteiger partial charge >= 0.3 is 12.4 Å². The van der Waals surface area contributed by atoms with Gasteiger partial charge in [0.1, 0.15) is 11.4 Å². The Bertz CT molecular complexity index is 1390. The van der Waals surface area contributed by atoms with Crippen LogP contribution in [0.5, 0.6) is 0 Å². The molecule has 1 saturated heterocycles. The highest BCUT2D eigenvalue weighted by Gasteiger charge is 2.41. The monoisotopic (exact) mass is 479 g/mol. The molecule has 0 bridgehead atoms. The Morgan fingerprint density at radius 3 is 2.97 bits per heavy atom. The van der Waals surface area contributed by atoms with Gasteiger partial charge in [0, 0.05) is 43.4 Å². The van der Waals surface area contributed by atoms with Gasteiger partial charge < -0.3 is 5.32 Å². The molecule has 4 aromatic rings. The van der Waals surface area contributed by atoms with E-state index in [0.717, 1.165) is 17.3 Å². The summed E-state index contributed by atoms with van der Waals surface area (Å²) >= 11 is 0. The number of hydrogen-bond acceptors (Lipinski definition) is 4. The summed E-state index contributed by atoms with van der Waals surface area (Å²) in [5, 5.41) is 10.1. The number of amides is 1. The Labute approximate surface area is 199 Å². The van der Waals surface area contributed by atoms with Crippen LogP contribution in [-0.4, -0.2) is 45.0 Å². The quantitative estimate of drug-likeness (QED) is 0.454. The number of pyridine rings is 1. The molecule has 1 aliphatic heterocycles. The molecule has 1 amide bonds. The van der Waals surface area contributed by atoms with Crippen molar-refractivity contribution in [3.05, 3.63) is 72.2 Å². The summed E-state index contributed by atoms with van der Waals surface area (Å²) in [6, 6.07) is 8.55. The number of fused-ring (bicyclic) bond motifs is 1. The lowest BCUT2D eigenvalue weighted by molar-refractivity contribution is -0.294. The Morgan fingerprint density at radius 2 is 2.17 bits per heavy atom. The van der Waals surface area contributed by atoms with Crippen LogP contribution in [0.2, 0.25) is 0 Å². The van der Waals surface area contributed by atoms with Crippen molar-refractivity contribution in [2.24, 2.45) is 5.92 Å². The van der Waals surface area contributed by atoms with Crippen LogP contribution in [0.4, 0.5) is 18.9 Å². The SMILES string of the molecule is C[C@H]1CN(Cc2c[n+]#cc(-c3ccc4[nH]nc(C(=O)Nc5cncc(F)c5)c4c3)c2)CCC1(F)F. The molecule has 0 radical (unpaired) electrons. The normalized spacial score (nSPS) is 17.8. The van der Waals surface area contributed by atoms with Gasteiger partial charge in [0.25, 0.3) is 11.8 Å². The van der Waals surface area contributed by atoms with Crippen molar-refractivity contribution >= 4 is 22.5 Å². The molecular formula is C25H22F3N6O+. The van der Waals surface area contributed by atoms with Gasteiger partial charge in [-0.15, -0.1) is 0 Å². The van der Waals surface area contributed by atoms with Gasteiger partial charge in [0.15, 0.2) is 5.69 Å². The number of rotatable bonds is 5. The molecule has 0 saturated carbocycles. The zero-order valence-electron chi connectivity index (χ0n) is 18.9. The molecule has 1 aliphatic rings. The number of hydrogen-bond donors (Lipinski definition) is 2. The number of piperidine rings is 1. The number of carbonyl (C=O) groups is 1. The van der Waals surface area contributed by atoms with Crippen molar-refractivity contribution < 1.29 is 22.9 Å². The summed E-state index contributed by atoms with van der Waals surface area (Å²) in [7, 11) is 0. The van der Waals surface area contributed by atoms with Crippen LogP contribution in [0.15, 0.2) is 48.9 Å². The third kappa shape index (κ3) is 4.81. The summed E-state index contributed by atoms with van der Waals surface area (Å²) in [4.78, 5) is 22.7. The van der Waals surface area contributed by atoms with Gasteiger partial charge in [-0.2, -0.15) is 5.10 Å². The summed E-state index contributed by atoms with van der Waals surface area (Å²) in [6.07, 6.45) is 6.89. The summed E-state index contributed by atoms with van der Waals surface area (Å²) in [5.41, 5.74) is 3.40. The number of alkyl halides is 2. The first-order valence-corrected chi connectivity index (χ1v) is 11.2. The summed E-state index contributed by atoms with van der Waals surface area (Å²) in [6.45, 7) is 2.73. The molecule has 5 rings (SSSR count). The molecule has 35 heavy (non-hydrogen) atoms. The van der Waals surface area contributed by atoms with Crippen molar-refractivity contribution in [1.29, 1.82) is 0 Å². The van der Waals surface area contributed by atoms with E-state index in [0.29, 0.717) is 36.1 Å². The van der Waals surface area contributed by atoms with Gasteiger partial charge in [-0.3, -0.25) is 19.8 Å². The molecule has 178 valence electrons. The first-order valence-electron chi connectivity index (χ1n) is 11.2. The minimum atomic E-state index is -2.63. The standard InChI is InChI=1S/C25H21F3N6O/c1-15-13-34(5-4-25(15,27)28)14-16-6-18(10-29-9-16)17-2-3-22-21(7-17)23(33-32-22)24(35)31-20-8-19(26)11-30-12-20/h2-3,6-9,11-12,15H,4-5,13-14H2,1H3,(H-,31,32,33,35)/p+1/t15-/m0/s1. The average Bonchev–Trinajstić information content (AvgIpc) is 3.25. The van der Waals surface area contributed by atoms with Crippen molar-refractivity contribution in [2.45, 2.75) is 25.8 Å². The van der Waals surface area contributed by atoms with E-state index in [1.54, 1.807) is 25.3 Å². The smallest absolute Gasteiger partial charge is 0.319 e. The third-order valence-corrected chi connectivity index (χ3v) is 6.22. The van der Waals surface area contributed by atoms with Crippen LogP contribution in [0.25, 0.3) is 22.0 Å². The van der Waals surface area contributed by atoms with E-state index in [1.165, 1.54) is 12.3 Å². The second-order valence-corrected chi connectivity index (χ2v) is 8.83. The zero-order valence-corrected chi connectivity index (χ0v) is 18.9. The van der Waals surface area contributed by atoms with Crippen molar-refractivity contribution in [1.82, 2.24) is 20.1 Å². The van der Waals surface area contributed by atoms with Crippen molar-refractivity contribution in [2.75, 3.05) is 18.4 Å². The second kappa shape index (κ2) is 9.00. The number of nitrogens with zero attached hydrogens (tertiary/aromatic N) is 4. The van der Waals surface area contributed by atoms with Crippen molar-refractivity contribution in [3.8, 4) is 11.1 Å². The number of benzene rings is 1. The predicted octanol–water partition coefficient (Wildman–Crippen LogP) is 3.89. The Morgan fingerprint density at radius 1 is 1.31 bits per heavy atom. The van der Waals surface area contributed by atoms with Gasteiger partial charge in [-0.25, -0.2) is 13.2 Å². The Kier molecular flexibility index (Phi) is 5.86. The van der Waals surface area contributed by atoms with Crippen LogP contribution in [0.1, 0.15) is 29.4 Å². The fourth-order valence-corrected chi connectivity index (χ4v) is 4.27. The molecule has 1 atom stereocenters. The molecule has 1 fully saturated rings. The first kappa shape index (κ1) is 22.8. The van der Waals surface area contributed by atoms with E-state index in [-0.39, 0.29) is 17.8 Å². The Hall–Kier alpha value is -3.97. The number of likely N-dealkylation sites (tertiary alicyclic amines) is 1. The second-order valence-electron chi connectivity index (χ2n) is 8.83. The lowest BCUT2D eigenvalue weighted by Crippen LogP contribution is -2.45. The Balaban J connectivity index is 1.37. The molecule has 0 spiro atoms. The van der Waals surface area contributed by atoms with Crippen LogP contribution in [0, 0.1) is 17.9 Å². The van der Waals surface area contributed by atoms with Gasteiger partial charge in [-0.1, -0.05) is 13.0 Å². The van der Waals surface area contributed by atoms with Gasteiger partial charge in [0.2, 0.25) is 0 Å². The summed E-state index contributed by atoms with van der Waals surface area (Å²) < 4.78 is 41.1. The highest BCUT2D eigenvalue weighted by Crippen LogP contribution is 2.33. The van der Waals surface area contributed by atoms with E-state index in [9.17, 15) is 18.0 Å². The molecule has 10 heteroatoms. The first-order chi connectivity index (χ1) is 16.8. The van der Waals surface area contributed by atoms with Crippen LogP contribution in [0.3, 0.4) is 0 Å². The molecule has 2 N–H and O–H groups in total. The van der Waals surface area contributed by atoms with Gasteiger partial charge in [-0.05, 0) is 28.7 Å². The van der Waals surface area contributed by atoms with Gasteiger partial charge in [0.05, 0.1) is 29.2 Å². The topological polar surface area (TPSA) is 88.0 Å². The number of anilines is 1. The zero-order chi connectivity index (χ0) is 24.6. The average molecular weight is 479 g/mol. The highest BCUT2D eigenvalue weighted by molar-refractivity contribution is 6.11. The third-order valence-electron chi connectivity index (χ3n) is 6.22. The number of halogens is 3. The van der Waals surface area contributed by atoms with Crippen LogP contribution < -0.4 is 10.3 Å². The fraction of sp³-hybridized carbons (Fsp3) is 0.280. The number of aromatic amines is 1. The molecular weight excluding hydrogens is 457 g/mol. The number of nitrogens with one attached hydrogen (secondary N) is 2. The molecule has 0 aliphatic carbocycles. The van der Waals surface area contributed by atoms with Crippen molar-refractivity contribution in [3.63, 3.8) is 0 Å². The fourth-order valence-electron chi connectivity index (χ4n) is 4.27. The highest BCUT2D eigenvalue weighted by atomic mass is 19.3.